The highest BCUT2D eigenvalue weighted by Crippen LogP contribution is 2.22. The van der Waals surface area contributed by atoms with Crippen molar-refractivity contribution in [2.24, 2.45) is 0 Å². The fraction of sp³-hybridized carbons (Fsp3) is 0.500. The van der Waals surface area contributed by atoms with Crippen LogP contribution in [-0.4, -0.2) is 32.8 Å². The van der Waals surface area contributed by atoms with Gasteiger partial charge in [-0.2, -0.15) is 0 Å². The first-order valence-corrected chi connectivity index (χ1v) is 5.95. The van der Waals surface area contributed by atoms with Crippen molar-refractivity contribution in [3.8, 4) is 0 Å². The maximum atomic E-state index is 5.53. The summed E-state index contributed by atoms with van der Waals surface area (Å²) in [5, 5.41) is 7.66. The second-order valence-corrected chi connectivity index (χ2v) is 3.91. The van der Waals surface area contributed by atoms with E-state index in [1.165, 1.54) is 0 Å². The molecule has 1 atom stereocenters. The summed E-state index contributed by atoms with van der Waals surface area (Å²) in [6.07, 6.45) is 5.19. The lowest BCUT2D eigenvalue weighted by atomic mass is 10.2. The largest absolute Gasteiger partial charge is 0.468 e. The van der Waals surface area contributed by atoms with Gasteiger partial charge in [-0.05, 0) is 25.2 Å². The summed E-state index contributed by atoms with van der Waals surface area (Å²) < 4.78 is 7.51. The van der Waals surface area contributed by atoms with E-state index in [9.17, 15) is 0 Å². The van der Waals surface area contributed by atoms with E-state index < -0.39 is 0 Å². The number of nitrogens with zero attached hydrogens (tertiary/aromatic N) is 4. The molecule has 92 valence electrons. The van der Waals surface area contributed by atoms with Crippen LogP contribution in [-0.2, 0) is 6.54 Å². The van der Waals surface area contributed by atoms with Crippen LogP contribution in [0, 0.1) is 0 Å². The van der Waals surface area contributed by atoms with Crippen LogP contribution in [0.25, 0.3) is 0 Å². The molecule has 0 unspecified atom stereocenters. The second-order valence-electron chi connectivity index (χ2n) is 3.91. The topological polar surface area (TPSA) is 47.1 Å². The predicted octanol–water partition coefficient (Wildman–Crippen LogP) is 1.95. The summed E-state index contributed by atoms with van der Waals surface area (Å²) in [6.45, 7) is 7.10. The van der Waals surface area contributed by atoms with Gasteiger partial charge >= 0.3 is 0 Å². The molecule has 0 fully saturated rings. The van der Waals surface area contributed by atoms with Gasteiger partial charge < -0.3 is 8.98 Å². The Balaban J connectivity index is 2.18. The van der Waals surface area contributed by atoms with E-state index in [2.05, 4.69) is 28.9 Å². The molecule has 2 aromatic heterocycles. The van der Waals surface area contributed by atoms with Crippen molar-refractivity contribution < 1.29 is 4.42 Å². The highest BCUT2D eigenvalue weighted by molar-refractivity contribution is 5.04. The molecule has 0 aliphatic rings. The minimum Gasteiger partial charge on any atom is -0.468 e. The van der Waals surface area contributed by atoms with Crippen molar-refractivity contribution in [1.82, 2.24) is 19.7 Å². The molecular formula is C12H18N4O. The zero-order valence-corrected chi connectivity index (χ0v) is 10.3. The van der Waals surface area contributed by atoms with E-state index in [-0.39, 0.29) is 6.04 Å². The molecule has 5 nitrogen and oxygen atoms in total. The molecule has 0 bridgehead atoms. The average Bonchev–Trinajstić information content (AvgIpc) is 3.02. The van der Waals surface area contributed by atoms with Gasteiger partial charge in [-0.15, -0.1) is 10.2 Å². The summed E-state index contributed by atoms with van der Waals surface area (Å²) >= 11 is 0. The fourth-order valence-electron chi connectivity index (χ4n) is 2.05. The monoisotopic (exact) mass is 234 g/mol. The number of hydrogen-bond acceptors (Lipinski definition) is 4. The van der Waals surface area contributed by atoms with Crippen LogP contribution in [0.1, 0.15) is 25.6 Å². The minimum absolute atomic E-state index is 0.232. The summed E-state index contributed by atoms with van der Waals surface area (Å²) in [5.74, 6) is 0.988. The van der Waals surface area contributed by atoms with Crippen molar-refractivity contribution in [3.63, 3.8) is 0 Å². The number of furan rings is 1. The van der Waals surface area contributed by atoms with Gasteiger partial charge in [-0.25, -0.2) is 0 Å². The minimum atomic E-state index is 0.232. The Morgan fingerprint density at radius 1 is 1.29 bits per heavy atom. The van der Waals surface area contributed by atoms with E-state index in [1.54, 1.807) is 18.9 Å². The predicted molar refractivity (Wildman–Crippen MR) is 64.4 cm³/mol. The Labute approximate surface area is 101 Å². The van der Waals surface area contributed by atoms with E-state index in [0.29, 0.717) is 0 Å². The van der Waals surface area contributed by atoms with Crippen molar-refractivity contribution in [2.75, 3.05) is 13.1 Å². The third-order valence-corrected chi connectivity index (χ3v) is 2.98. The Kier molecular flexibility index (Phi) is 3.93. The normalized spacial score (nSPS) is 13.1. The first kappa shape index (κ1) is 11.9. The molecule has 0 aromatic carbocycles. The van der Waals surface area contributed by atoms with Gasteiger partial charge in [0.25, 0.3) is 0 Å². The number of rotatable bonds is 6. The van der Waals surface area contributed by atoms with Crippen molar-refractivity contribution in [1.29, 1.82) is 0 Å². The maximum Gasteiger partial charge on any atom is 0.122 e. The second kappa shape index (κ2) is 5.63. The standard InChI is InChI=1S/C12H18N4O/c1-3-16(4-2)11(12-6-5-7-17-12)8-15-9-13-14-10-15/h5-7,9-11H,3-4,8H2,1-2H3/t11-/m0/s1. The van der Waals surface area contributed by atoms with Crippen LogP contribution in [0.4, 0.5) is 0 Å². The fourth-order valence-corrected chi connectivity index (χ4v) is 2.05. The third-order valence-electron chi connectivity index (χ3n) is 2.98. The number of aromatic nitrogens is 3. The molecule has 2 rings (SSSR count). The third kappa shape index (κ3) is 2.74. The van der Waals surface area contributed by atoms with Crippen LogP contribution in [0.2, 0.25) is 0 Å². The summed E-state index contributed by atoms with van der Waals surface area (Å²) in [5.41, 5.74) is 0. The smallest absolute Gasteiger partial charge is 0.122 e. The Morgan fingerprint density at radius 3 is 2.53 bits per heavy atom. The van der Waals surface area contributed by atoms with Crippen LogP contribution in [0.5, 0.6) is 0 Å². The first-order chi connectivity index (χ1) is 8.35. The van der Waals surface area contributed by atoms with Crippen molar-refractivity contribution in [2.45, 2.75) is 26.4 Å². The number of likely N-dealkylation sites (N-methyl/N-ethyl adjacent to an activating group) is 1. The zero-order chi connectivity index (χ0) is 12.1. The van der Waals surface area contributed by atoms with E-state index in [4.69, 9.17) is 4.42 Å². The molecule has 5 heteroatoms. The number of hydrogen-bond donors (Lipinski definition) is 0. The molecule has 0 aliphatic heterocycles. The quantitative estimate of drug-likeness (QED) is 0.766. The van der Waals surface area contributed by atoms with Gasteiger partial charge in [-0.1, -0.05) is 13.8 Å². The Hall–Kier alpha value is -1.62. The van der Waals surface area contributed by atoms with Gasteiger partial charge in [0.05, 0.1) is 12.3 Å². The van der Waals surface area contributed by atoms with Crippen molar-refractivity contribution in [3.05, 3.63) is 36.8 Å². The zero-order valence-electron chi connectivity index (χ0n) is 10.3. The van der Waals surface area contributed by atoms with Gasteiger partial charge in [-0.3, -0.25) is 4.90 Å². The average molecular weight is 234 g/mol. The van der Waals surface area contributed by atoms with Crippen LogP contribution >= 0.6 is 0 Å². The summed E-state index contributed by atoms with van der Waals surface area (Å²) in [4.78, 5) is 2.36. The van der Waals surface area contributed by atoms with Gasteiger partial charge in [0, 0.05) is 6.54 Å². The molecule has 0 saturated heterocycles. The Bertz CT molecular complexity index is 406. The molecule has 2 heterocycles. The van der Waals surface area contributed by atoms with Gasteiger partial charge in [0.15, 0.2) is 0 Å². The molecule has 0 spiro atoms. The van der Waals surface area contributed by atoms with Crippen LogP contribution in [0.15, 0.2) is 35.5 Å². The van der Waals surface area contributed by atoms with E-state index >= 15 is 0 Å². The highest BCUT2D eigenvalue weighted by Gasteiger charge is 2.20. The first-order valence-electron chi connectivity index (χ1n) is 5.95. The highest BCUT2D eigenvalue weighted by atomic mass is 16.3. The molecule has 0 radical (unpaired) electrons. The van der Waals surface area contributed by atoms with Crippen LogP contribution in [0.3, 0.4) is 0 Å². The SMILES string of the molecule is CCN(CC)[C@@H](Cn1cnnc1)c1ccco1. The van der Waals surface area contributed by atoms with Crippen LogP contribution < -0.4 is 0 Å². The van der Waals surface area contributed by atoms with Crippen molar-refractivity contribution >= 4 is 0 Å². The molecule has 0 saturated carbocycles. The summed E-state index contributed by atoms with van der Waals surface area (Å²) in [7, 11) is 0. The van der Waals surface area contributed by atoms with Gasteiger partial charge in [0.2, 0.25) is 0 Å². The molecule has 0 N–H and O–H groups in total. The molecule has 0 aliphatic carbocycles. The van der Waals surface area contributed by atoms with E-state index in [0.717, 1.165) is 25.4 Å². The molecular weight excluding hydrogens is 216 g/mol. The lowest BCUT2D eigenvalue weighted by molar-refractivity contribution is 0.173. The lowest BCUT2D eigenvalue weighted by Crippen LogP contribution is -2.31. The molecule has 0 amide bonds. The maximum absolute atomic E-state index is 5.53. The summed E-state index contributed by atoms with van der Waals surface area (Å²) in [6, 6.07) is 4.18. The van der Waals surface area contributed by atoms with E-state index in [1.807, 2.05) is 16.7 Å². The lowest BCUT2D eigenvalue weighted by Gasteiger charge is -2.28. The molecule has 17 heavy (non-hydrogen) atoms. The Morgan fingerprint density at radius 2 is 2.00 bits per heavy atom. The molecule has 2 aromatic rings. The van der Waals surface area contributed by atoms with Gasteiger partial charge in [0.1, 0.15) is 18.4 Å².